The zero-order chi connectivity index (χ0) is 13.0. The summed E-state index contributed by atoms with van der Waals surface area (Å²) in [7, 11) is -1.66. The van der Waals surface area contributed by atoms with Gasteiger partial charge in [-0.3, -0.25) is 0 Å². The van der Waals surface area contributed by atoms with Crippen LogP contribution in [0.15, 0.2) is 42.6 Å². The van der Waals surface area contributed by atoms with Gasteiger partial charge >= 0.3 is 7.12 Å². The lowest BCUT2D eigenvalue weighted by Crippen LogP contribution is -2.32. The van der Waals surface area contributed by atoms with Crippen molar-refractivity contribution < 1.29 is 14.8 Å². The summed E-state index contributed by atoms with van der Waals surface area (Å²) >= 11 is 5.74. The lowest BCUT2D eigenvalue weighted by atomic mass is 9.81. The Bertz CT molecular complexity index is 522. The predicted molar refractivity (Wildman–Crippen MR) is 69.8 cm³/mol. The van der Waals surface area contributed by atoms with Crippen molar-refractivity contribution in [2.24, 2.45) is 0 Å². The average Bonchev–Trinajstić information content (AvgIpc) is 2.38. The van der Waals surface area contributed by atoms with Crippen molar-refractivity contribution in [2.45, 2.75) is 6.61 Å². The first-order valence-electron chi connectivity index (χ1n) is 5.35. The van der Waals surface area contributed by atoms with E-state index in [9.17, 15) is 10.0 Å². The summed E-state index contributed by atoms with van der Waals surface area (Å²) in [4.78, 5) is 3.94. The SMILES string of the molecule is OB(O)c1cc(Cl)cnc1OCc1ccccc1. The Morgan fingerprint density at radius 2 is 1.94 bits per heavy atom. The average molecular weight is 263 g/mol. The van der Waals surface area contributed by atoms with Gasteiger partial charge in [0, 0.05) is 11.7 Å². The molecule has 0 aliphatic heterocycles. The second kappa shape index (κ2) is 5.86. The van der Waals surface area contributed by atoms with E-state index in [-0.39, 0.29) is 11.3 Å². The molecule has 0 amide bonds. The van der Waals surface area contributed by atoms with E-state index < -0.39 is 7.12 Å². The Hall–Kier alpha value is -1.56. The molecule has 18 heavy (non-hydrogen) atoms. The van der Waals surface area contributed by atoms with Gasteiger partial charge in [-0.15, -0.1) is 0 Å². The molecule has 2 aromatic rings. The van der Waals surface area contributed by atoms with Crippen molar-refractivity contribution >= 4 is 24.2 Å². The van der Waals surface area contributed by atoms with Crippen molar-refractivity contribution in [1.82, 2.24) is 4.98 Å². The molecule has 0 aliphatic carbocycles. The van der Waals surface area contributed by atoms with Gasteiger partial charge in [-0.05, 0) is 11.6 Å². The van der Waals surface area contributed by atoms with Crippen LogP contribution < -0.4 is 10.2 Å². The number of benzene rings is 1. The summed E-state index contributed by atoms with van der Waals surface area (Å²) in [6.45, 7) is 0.301. The quantitative estimate of drug-likeness (QED) is 0.808. The van der Waals surface area contributed by atoms with Gasteiger partial charge in [0.2, 0.25) is 5.88 Å². The fourth-order valence-corrected chi connectivity index (χ4v) is 1.64. The highest BCUT2D eigenvalue weighted by Gasteiger charge is 2.19. The minimum absolute atomic E-state index is 0.151. The molecule has 0 bridgehead atoms. The molecule has 0 saturated heterocycles. The number of rotatable bonds is 4. The van der Waals surface area contributed by atoms with E-state index in [0.29, 0.717) is 11.6 Å². The van der Waals surface area contributed by atoms with E-state index in [0.717, 1.165) is 5.56 Å². The van der Waals surface area contributed by atoms with Crippen molar-refractivity contribution in [2.75, 3.05) is 0 Å². The van der Waals surface area contributed by atoms with Crippen LogP contribution in [0.3, 0.4) is 0 Å². The second-order valence-electron chi connectivity index (χ2n) is 3.70. The van der Waals surface area contributed by atoms with Crippen molar-refractivity contribution in [1.29, 1.82) is 0 Å². The van der Waals surface area contributed by atoms with Crippen LogP contribution in [0.4, 0.5) is 0 Å². The number of aromatic nitrogens is 1. The molecular formula is C12H11BClNO3. The largest absolute Gasteiger partial charge is 0.494 e. The van der Waals surface area contributed by atoms with Crippen LogP contribution in [-0.4, -0.2) is 22.2 Å². The van der Waals surface area contributed by atoms with E-state index in [1.54, 1.807) is 0 Å². The molecule has 0 radical (unpaired) electrons. The third-order valence-corrected chi connectivity index (χ3v) is 2.55. The van der Waals surface area contributed by atoms with Crippen LogP contribution >= 0.6 is 11.6 Å². The maximum Gasteiger partial charge on any atom is 0.494 e. The Labute approximate surface area is 110 Å². The zero-order valence-electron chi connectivity index (χ0n) is 9.45. The van der Waals surface area contributed by atoms with Gasteiger partial charge in [0.05, 0.1) is 5.02 Å². The third-order valence-electron chi connectivity index (χ3n) is 2.34. The highest BCUT2D eigenvalue weighted by Crippen LogP contribution is 2.12. The molecule has 2 N–H and O–H groups in total. The topological polar surface area (TPSA) is 62.6 Å². The molecule has 0 saturated carbocycles. The molecule has 92 valence electrons. The first-order valence-corrected chi connectivity index (χ1v) is 5.73. The molecule has 1 heterocycles. The smallest absolute Gasteiger partial charge is 0.473 e. The summed E-state index contributed by atoms with van der Waals surface area (Å²) in [5.74, 6) is 0.165. The molecule has 6 heteroatoms. The van der Waals surface area contributed by atoms with E-state index in [1.165, 1.54) is 12.3 Å². The van der Waals surface area contributed by atoms with Crippen LogP contribution in [0.25, 0.3) is 0 Å². The summed E-state index contributed by atoms with van der Waals surface area (Å²) in [6.07, 6.45) is 1.40. The number of ether oxygens (including phenoxy) is 1. The molecule has 0 aliphatic rings. The maximum absolute atomic E-state index is 9.20. The van der Waals surface area contributed by atoms with Crippen LogP contribution in [0, 0.1) is 0 Å². The number of pyridine rings is 1. The number of nitrogens with zero attached hydrogens (tertiary/aromatic N) is 1. The maximum atomic E-state index is 9.20. The first-order chi connectivity index (χ1) is 8.66. The molecule has 0 unspecified atom stereocenters. The van der Waals surface area contributed by atoms with Crippen molar-refractivity contribution in [3.05, 3.63) is 53.2 Å². The predicted octanol–water partition coefficient (Wildman–Crippen LogP) is 0.994. The summed E-state index contributed by atoms with van der Waals surface area (Å²) in [6, 6.07) is 10.9. The molecule has 0 atom stereocenters. The van der Waals surface area contributed by atoms with Crippen molar-refractivity contribution in [3.63, 3.8) is 0 Å². The monoisotopic (exact) mass is 263 g/mol. The molecule has 0 spiro atoms. The summed E-state index contributed by atoms with van der Waals surface area (Å²) < 4.78 is 5.45. The molecular weight excluding hydrogens is 252 g/mol. The van der Waals surface area contributed by atoms with E-state index in [2.05, 4.69) is 4.98 Å². The van der Waals surface area contributed by atoms with Gasteiger partial charge in [0.15, 0.2) is 0 Å². The van der Waals surface area contributed by atoms with Gasteiger partial charge in [-0.2, -0.15) is 0 Å². The standard InChI is InChI=1S/C12H11BClNO3/c14-10-6-11(13(16)17)12(15-7-10)18-8-9-4-2-1-3-5-9/h1-7,16-17H,8H2. The lowest BCUT2D eigenvalue weighted by Gasteiger charge is -2.10. The Morgan fingerprint density at radius 3 is 2.61 bits per heavy atom. The number of hydrogen-bond donors (Lipinski definition) is 2. The number of halogens is 1. The van der Waals surface area contributed by atoms with Crippen LogP contribution in [-0.2, 0) is 6.61 Å². The normalized spacial score (nSPS) is 10.2. The van der Waals surface area contributed by atoms with Gasteiger partial charge in [-0.1, -0.05) is 41.9 Å². The molecule has 1 aromatic heterocycles. The Balaban J connectivity index is 2.14. The fourth-order valence-electron chi connectivity index (χ4n) is 1.47. The summed E-state index contributed by atoms with van der Waals surface area (Å²) in [5.41, 5.74) is 1.12. The van der Waals surface area contributed by atoms with E-state index >= 15 is 0 Å². The van der Waals surface area contributed by atoms with Crippen LogP contribution in [0.1, 0.15) is 5.56 Å². The Kier molecular flexibility index (Phi) is 4.20. The molecule has 2 rings (SSSR count). The van der Waals surface area contributed by atoms with Gasteiger partial charge < -0.3 is 14.8 Å². The summed E-state index contributed by atoms with van der Waals surface area (Å²) in [5, 5.41) is 18.7. The highest BCUT2D eigenvalue weighted by atomic mass is 35.5. The van der Waals surface area contributed by atoms with Gasteiger partial charge in [0.25, 0.3) is 0 Å². The molecule has 4 nitrogen and oxygen atoms in total. The Morgan fingerprint density at radius 1 is 1.22 bits per heavy atom. The molecule has 1 aromatic carbocycles. The first kappa shape index (κ1) is 12.9. The third kappa shape index (κ3) is 3.23. The minimum Gasteiger partial charge on any atom is -0.473 e. The van der Waals surface area contributed by atoms with E-state index in [1.807, 2.05) is 30.3 Å². The second-order valence-corrected chi connectivity index (χ2v) is 4.13. The minimum atomic E-state index is -1.66. The van der Waals surface area contributed by atoms with Gasteiger partial charge in [0.1, 0.15) is 6.61 Å². The zero-order valence-corrected chi connectivity index (χ0v) is 10.2. The number of hydrogen-bond acceptors (Lipinski definition) is 4. The van der Waals surface area contributed by atoms with E-state index in [4.69, 9.17) is 16.3 Å². The molecule has 0 fully saturated rings. The highest BCUT2D eigenvalue weighted by molar-refractivity contribution is 6.60. The van der Waals surface area contributed by atoms with Gasteiger partial charge in [-0.25, -0.2) is 4.98 Å². The van der Waals surface area contributed by atoms with Crippen LogP contribution in [0.5, 0.6) is 5.88 Å². The van der Waals surface area contributed by atoms with Crippen LogP contribution in [0.2, 0.25) is 5.02 Å². The fraction of sp³-hybridized carbons (Fsp3) is 0.0833. The lowest BCUT2D eigenvalue weighted by molar-refractivity contribution is 0.294. The van der Waals surface area contributed by atoms with Crippen molar-refractivity contribution in [3.8, 4) is 5.88 Å².